The second kappa shape index (κ2) is 6.47. The number of hydrogen-bond donors (Lipinski definition) is 2. The lowest BCUT2D eigenvalue weighted by Gasteiger charge is -2.26. The molecular weight excluding hydrogens is 224 g/mol. The highest BCUT2D eigenvalue weighted by Crippen LogP contribution is 2.17. The predicted octanol–water partition coefficient (Wildman–Crippen LogP) is 0.377. The van der Waals surface area contributed by atoms with E-state index >= 15 is 0 Å². The Kier molecular flexibility index (Phi) is 4.93. The van der Waals surface area contributed by atoms with Gasteiger partial charge in [0.1, 0.15) is 0 Å². The van der Waals surface area contributed by atoms with E-state index in [-0.39, 0.29) is 12.0 Å². The topological polar surface area (TPSA) is 50.4 Å². The third-order valence-electron chi connectivity index (χ3n) is 2.94. The summed E-state index contributed by atoms with van der Waals surface area (Å²) < 4.78 is 5.51. The van der Waals surface area contributed by atoms with Gasteiger partial charge in [-0.15, -0.1) is 0 Å². The minimum absolute atomic E-state index is 0.0602. The summed E-state index contributed by atoms with van der Waals surface area (Å²) >= 11 is 1.93. The number of rotatable bonds is 3. The molecule has 2 saturated heterocycles. The van der Waals surface area contributed by atoms with Crippen molar-refractivity contribution in [2.45, 2.75) is 31.4 Å². The summed E-state index contributed by atoms with van der Waals surface area (Å²) in [6.07, 6.45) is 2.90. The van der Waals surface area contributed by atoms with Gasteiger partial charge in [-0.25, -0.2) is 0 Å². The molecule has 92 valence electrons. The Labute approximate surface area is 101 Å². The number of hydrogen-bond acceptors (Lipinski definition) is 4. The Morgan fingerprint density at radius 2 is 2.50 bits per heavy atom. The third-order valence-corrected chi connectivity index (χ3v) is 4.16. The zero-order valence-electron chi connectivity index (χ0n) is 9.54. The van der Waals surface area contributed by atoms with Gasteiger partial charge in [0, 0.05) is 24.9 Å². The lowest BCUT2D eigenvalue weighted by molar-refractivity contribution is -0.125. The van der Waals surface area contributed by atoms with E-state index < -0.39 is 0 Å². The molecule has 0 aromatic carbocycles. The quantitative estimate of drug-likeness (QED) is 0.753. The van der Waals surface area contributed by atoms with E-state index in [9.17, 15) is 4.79 Å². The van der Waals surface area contributed by atoms with Crippen molar-refractivity contribution < 1.29 is 9.53 Å². The molecule has 2 heterocycles. The maximum absolute atomic E-state index is 11.8. The first-order valence-corrected chi connectivity index (χ1v) is 7.19. The molecule has 0 aromatic rings. The molecule has 0 saturated carbocycles. The second-order valence-corrected chi connectivity index (χ2v) is 5.53. The summed E-state index contributed by atoms with van der Waals surface area (Å²) in [6.45, 7) is 2.42. The molecule has 2 rings (SSSR count). The first-order chi connectivity index (χ1) is 7.84. The first-order valence-electron chi connectivity index (χ1n) is 6.04. The Morgan fingerprint density at radius 3 is 3.19 bits per heavy atom. The van der Waals surface area contributed by atoms with Crippen LogP contribution in [0.2, 0.25) is 0 Å². The van der Waals surface area contributed by atoms with Crippen molar-refractivity contribution in [2.75, 3.05) is 31.2 Å². The van der Waals surface area contributed by atoms with Crippen LogP contribution in [0.3, 0.4) is 0 Å². The monoisotopic (exact) mass is 244 g/mol. The molecule has 2 atom stereocenters. The molecule has 2 fully saturated rings. The van der Waals surface area contributed by atoms with E-state index in [0.717, 1.165) is 31.9 Å². The summed E-state index contributed by atoms with van der Waals surface area (Å²) in [5, 5.41) is 6.33. The van der Waals surface area contributed by atoms with Crippen molar-refractivity contribution in [3.63, 3.8) is 0 Å². The largest absolute Gasteiger partial charge is 0.375 e. The molecule has 2 N–H and O–H groups in total. The van der Waals surface area contributed by atoms with Crippen LogP contribution in [0.5, 0.6) is 0 Å². The molecule has 0 aliphatic carbocycles. The van der Waals surface area contributed by atoms with Crippen LogP contribution in [0.4, 0.5) is 0 Å². The van der Waals surface area contributed by atoms with Gasteiger partial charge in [-0.2, -0.15) is 11.8 Å². The number of ether oxygens (including phenoxy) is 1. The van der Waals surface area contributed by atoms with Gasteiger partial charge in [0.2, 0.25) is 5.91 Å². The van der Waals surface area contributed by atoms with Crippen LogP contribution in [0.25, 0.3) is 0 Å². The van der Waals surface area contributed by atoms with Gasteiger partial charge in [-0.1, -0.05) is 0 Å². The molecule has 0 radical (unpaired) electrons. The summed E-state index contributed by atoms with van der Waals surface area (Å²) in [5.41, 5.74) is 0. The molecule has 0 aromatic heterocycles. The molecule has 4 nitrogen and oxygen atoms in total. The van der Waals surface area contributed by atoms with Crippen LogP contribution in [0.1, 0.15) is 19.3 Å². The number of carbonyl (C=O) groups excluding carboxylic acids is 1. The molecule has 1 amide bonds. The van der Waals surface area contributed by atoms with Gasteiger partial charge in [0.05, 0.1) is 19.1 Å². The Bertz CT molecular complexity index is 204. The van der Waals surface area contributed by atoms with Gasteiger partial charge in [-0.3, -0.25) is 4.79 Å². The van der Waals surface area contributed by atoms with Crippen LogP contribution >= 0.6 is 11.8 Å². The second-order valence-electron chi connectivity index (χ2n) is 4.38. The number of carbonyl (C=O) groups is 1. The van der Waals surface area contributed by atoms with E-state index in [1.165, 1.54) is 12.2 Å². The van der Waals surface area contributed by atoms with Gasteiger partial charge in [-0.05, 0) is 18.6 Å². The highest BCUT2D eigenvalue weighted by Gasteiger charge is 2.20. The Hall–Kier alpha value is -0.260. The lowest BCUT2D eigenvalue weighted by Crippen LogP contribution is -2.44. The molecule has 0 spiro atoms. The maximum Gasteiger partial charge on any atom is 0.222 e. The van der Waals surface area contributed by atoms with Gasteiger partial charge in [0.25, 0.3) is 0 Å². The van der Waals surface area contributed by atoms with Gasteiger partial charge in [0.15, 0.2) is 0 Å². The van der Waals surface area contributed by atoms with Crippen molar-refractivity contribution in [2.24, 2.45) is 0 Å². The van der Waals surface area contributed by atoms with Crippen LogP contribution in [-0.4, -0.2) is 49.3 Å². The molecule has 0 bridgehead atoms. The van der Waals surface area contributed by atoms with E-state index in [2.05, 4.69) is 10.6 Å². The highest BCUT2D eigenvalue weighted by molar-refractivity contribution is 7.99. The van der Waals surface area contributed by atoms with E-state index in [4.69, 9.17) is 4.74 Å². The standard InChI is InChI=1S/C11H20N2O2S/c14-11(6-10-7-12-3-4-15-10)13-9-2-1-5-16-8-9/h9-10,12H,1-8H2,(H,13,14). The summed E-state index contributed by atoms with van der Waals surface area (Å²) in [6, 6.07) is 0.378. The van der Waals surface area contributed by atoms with E-state index in [1.807, 2.05) is 11.8 Å². The Balaban J connectivity index is 1.66. The predicted molar refractivity (Wildman–Crippen MR) is 65.7 cm³/mol. The van der Waals surface area contributed by atoms with Crippen LogP contribution < -0.4 is 10.6 Å². The van der Waals surface area contributed by atoms with Gasteiger partial charge >= 0.3 is 0 Å². The molecule has 5 heteroatoms. The van der Waals surface area contributed by atoms with Crippen molar-refractivity contribution in [1.29, 1.82) is 0 Å². The normalized spacial score (nSPS) is 31.0. The average Bonchev–Trinajstić information content (AvgIpc) is 2.31. The van der Waals surface area contributed by atoms with Crippen LogP contribution in [-0.2, 0) is 9.53 Å². The fourth-order valence-electron chi connectivity index (χ4n) is 2.10. The number of morpholine rings is 1. The molecule has 2 unspecified atom stereocenters. The summed E-state index contributed by atoms with van der Waals surface area (Å²) in [5.74, 6) is 2.44. The lowest BCUT2D eigenvalue weighted by atomic mass is 10.1. The number of amides is 1. The zero-order valence-corrected chi connectivity index (χ0v) is 10.4. The Morgan fingerprint density at radius 1 is 1.56 bits per heavy atom. The average molecular weight is 244 g/mol. The van der Waals surface area contributed by atoms with Gasteiger partial charge < -0.3 is 15.4 Å². The van der Waals surface area contributed by atoms with Crippen molar-refractivity contribution >= 4 is 17.7 Å². The third kappa shape index (κ3) is 3.96. The smallest absolute Gasteiger partial charge is 0.222 e. The molecule has 16 heavy (non-hydrogen) atoms. The minimum Gasteiger partial charge on any atom is -0.375 e. The summed E-state index contributed by atoms with van der Waals surface area (Å²) in [7, 11) is 0. The maximum atomic E-state index is 11.8. The van der Waals surface area contributed by atoms with Crippen molar-refractivity contribution in [3.05, 3.63) is 0 Å². The number of nitrogens with one attached hydrogen (secondary N) is 2. The van der Waals surface area contributed by atoms with Crippen LogP contribution in [0.15, 0.2) is 0 Å². The molecule has 2 aliphatic heterocycles. The number of thioether (sulfide) groups is 1. The zero-order chi connectivity index (χ0) is 11.2. The van der Waals surface area contributed by atoms with Crippen molar-refractivity contribution in [3.8, 4) is 0 Å². The first kappa shape index (κ1) is 12.2. The van der Waals surface area contributed by atoms with E-state index in [0.29, 0.717) is 12.5 Å². The fraction of sp³-hybridized carbons (Fsp3) is 0.909. The minimum atomic E-state index is 0.0602. The van der Waals surface area contributed by atoms with Crippen LogP contribution in [0, 0.1) is 0 Å². The highest BCUT2D eigenvalue weighted by atomic mass is 32.2. The fourth-order valence-corrected chi connectivity index (χ4v) is 3.17. The van der Waals surface area contributed by atoms with E-state index in [1.54, 1.807) is 0 Å². The molecule has 2 aliphatic rings. The van der Waals surface area contributed by atoms with Crippen molar-refractivity contribution in [1.82, 2.24) is 10.6 Å². The SMILES string of the molecule is O=C(CC1CNCCO1)NC1CCCSC1. The molecular formula is C11H20N2O2S. The summed E-state index contributed by atoms with van der Waals surface area (Å²) in [4.78, 5) is 11.8.